The first-order chi connectivity index (χ1) is 10.5. The minimum Gasteiger partial charge on any atom is -0.481 e. The maximum Gasteiger partial charge on any atom is 0.311 e. The molecule has 0 bridgehead atoms. The predicted octanol–water partition coefficient (Wildman–Crippen LogP) is 2.04. The highest BCUT2D eigenvalue weighted by atomic mass is 16.5. The summed E-state index contributed by atoms with van der Waals surface area (Å²) < 4.78 is 5.20. The van der Waals surface area contributed by atoms with Crippen LogP contribution in [0.2, 0.25) is 0 Å². The van der Waals surface area contributed by atoms with Crippen molar-refractivity contribution in [2.24, 2.45) is 0 Å². The summed E-state index contributed by atoms with van der Waals surface area (Å²) in [6.45, 7) is 0.926. The van der Waals surface area contributed by atoms with E-state index in [2.05, 4.69) is 9.88 Å². The van der Waals surface area contributed by atoms with Crippen molar-refractivity contribution in [1.29, 1.82) is 0 Å². The lowest BCUT2D eigenvalue weighted by atomic mass is 10.1. The first kappa shape index (κ1) is 16.0. The number of benzene rings is 1. The molecule has 0 aliphatic rings. The van der Waals surface area contributed by atoms with E-state index in [4.69, 9.17) is 9.84 Å². The lowest BCUT2D eigenvalue weighted by Gasteiger charge is -2.08. The summed E-state index contributed by atoms with van der Waals surface area (Å²) in [6.07, 6.45) is 2.50. The average molecular weight is 304 g/mol. The van der Waals surface area contributed by atoms with E-state index in [1.165, 1.54) is 0 Å². The fourth-order valence-electron chi connectivity index (χ4n) is 2.16. The number of carboxylic acids is 1. The SMILES string of the molecule is CN(C)CCc1c[nH]c2ccc(OC(=O)CCC(=O)O)cc12. The number of H-pyrrole nitrogens is 1. The van der Waals surface area contributed by atoms with Crippen molar-refractivity contribution in [3.8, 4) is 5.75 Å². The summed E-state index contributed by atoms with van der Waals surface area (Å²) >= 11 is 0. The Hall–Kier alpha value is -2.34. The van der Waals surface area contributed by atoms with Crippen LogP contribution in [0, 0.1) is 0 Å². The van der Waals surface area contributed by atoms with E-state index in [1.54, 1.807) is 6.07 Å². The van der Waals surface area contributed by atoms with Crippen LogP contribution in [0.1, 0.15) is 18.4 Å². The second-order valence-electron chi connectivity index (χ2n) is 5.44. The third kappa shape index (κ3) is 4.33. The molecule has 22 heavy (non-hydrogen) atoms. The number of aromatic amines is 1. The number of fused-ring (bicyclic) bond motifs is 1. The van der Waals surface area contributed by atoms with Crippen LogP contribution in [0.4, 0.5) is 0 Å². The second kappa shape index (κ2) is 7.09. The van der Waals surface area contributed by atoms with Crippen LogP contribution in [0.3, 0.4) is 0 Å². The van der Waals surface area contributed by atoms with Gasteiger partial charge in [0.15, 0.2) is 0 Å². The molecular formula is C16H20N2O4. The van der Waals surface area contributed by atoms with Gasteiger partial charge in [0.1, 0.15) is 5.75 Å². The number of esters is 1. The molecule has 0 radical (unpaired) electrons. The fourth-order valence-corrected chi connectivity index (χ4v) is 2.16. The van der Waals surface area contributed by atoms with Crippen LogP contribution in [-0.4, -0.2) is 47.6 Å². The highest BCUT2D eigenvalue weighted by Crippen LogP contribution is 2.24. The highest BCUT2D eigenvalue weighted by Gasteiger charge is 2.10. The van der Waals surface area contributed by atoms with E-state index in [0.29, 0.717) is 5.75 Å². The number of aliphatic carboxylic acids is 1. The van der Waals surface area contributed by atoms with Crippen LogP contribution in [-0.2, 0) is 16.0 Å². The molecule has 118 valence electrons. The van der Waals surface area contributed by atoms with Crippen molar-refractivity contribution in [2.45, 2.75) is 19.3 Å². The van der Waals surface area contributed by atoms with E-state index < -0.39 is 11.9 Å². The molecule has 0 aliphatic carbocycles. The van der Waals surface area contributed by atoms with E-state index in [9.17, 15) is 9.59 Å². The largest absolute Gasteiger partial charge is 0.481 e. The third-order valence-corrected chi connectivity index (χ3v) is 3.34. The zero-order valence-corrected chi connectivity index (χ0v) is 12.8. The van der Waals surface area contributed by atoms with Crippen molar-refractivity contribution in [1.82, 2.24) is 9.88 Å². The van der Waals surface area contributed by atoms with Gasteiger partial charge in [0, 0.05) is 23.6 Å². The van der Waals surface area contributed by atoms with Gasteiger partial charge in [0.25, 0.3) is 0 Å². The molecule has 0 aliphatic heterocycles. The van der Waals surface area contributed by atoms with Gasteiger partial charge in [-0.1, -0.05) is 0 Å². The maximum atomic E-state index is 11.6. The number of carbonyl (C=O) groups is 2. The zero-order valence-electron chi connectivity index (χ0n) is 12.8. The van der Waals surface area contributed by atoms with Crippen molar-refractivity contribution in [3.05, 3.63) is 30.0 Å². The second-order valence-corrected chi connectivity index (χ2v) is 5.44. The Morgan fingerprint density at radius 3 is 2.73 bits per heavy atom. The molecule has 1 heterocycles. The highest BCUT2D eigenvalue weighted by molar-refractivity contribution is 5.86. The van der Waals surface area contributed by atoms with Crippen LogP contribution < -0.4 is 4.74 Å². The molecule has 1 aromatic carbocycles. The molecule has 0 fully saturated rings. The number of carbonyl (C=O) groups excluding carboxylic acids is 1. The number of nitrogens with zero attached hydrogens (tertiary/aromatic N) is 1. The van der Waals surface area contributed by atoms with Crippen molar-refractivity contribution in [2.75, 3.05) is 20.6 Å². The minimum atomic E-state index is -1.01. The van der Waals surface area contributed by atoms with E-state index in [-0.39, 0.29) is 12.8 Å². The first-order valence-electron chi connectivity index (χ1n) is 7.13. The molecule has 2 rings (SSSR count). The standard InChI is InChI=1S/C16H20N2O4/c1-18(2)8-7-11-10-17-14-4-3-12(9-13(11)14)22-16(21)6-5-15(19)20/h3-4,9-10,17H,5-8H2,1-2H3,(H,19,20). The van der Waals surface area contributed by atoms with Gasteiger partial charge >= 0.3 is 11.9 Å². The first-order valence-corrected chi connectivity index (χ1v) is 7.13. The van der Waals surface area contributed by atoms with E-state index in [1.807, 2.05) is 32.4 Å². The molecule has 6 heteroatoms. The number of nitrogens with one attached hydrogen (secondary N) is 1. The van der Waals surface area contributed by atoms with Gasteiger partial charge in [-0.05, 0) is 44.3 Å². The van der Waals surface area contributed by atoms with Gasteiger partial charge in [-0.2, -0.15) is 0 Å². The number of likely N-dealkylation sites (N-methyl/N-ethyl adjacent to an activating group) is 1. The summed E-state index contributed by atoms with van der Waals surface area (Å²) in [5.41, 5.74) is 2.14. The van der Waals surface area contributed by atoms with Crippen molar-refractivity contribution >= 4 is 22.8 Å². The Bertz CT molecular complexity index is 676. The van der Waals surface area contributed by atoms with Gasteiger partial charge in [-0.25, -0.2) is 0 Å². The van der Waals surface area contributed by atoms with Gasteiger partial charge < -0.3 is 19.7 Å². The molecule has 2 N–H and O–H groups in total. The number of rotatable bonds is 7. The Labute approximate surface area is 128 Å². The molecule has 0 saturated heterocycles. The zero-order chi connectivity index (χ0) is 16.1. The molecule has 6 nitrogen and oxygen atoms in total. The lowest BCUT2D eigenvalue weighted by molar-refractivity contribution is -0.142. The fraction of sp³-hybridized carbons (Fsp3) is 0.375. The van der Waals surface area contributed by atoms with Gasteiger partial charge in [-0.15, -0.1) is 0 Å². The molecule has 2 aromatic rings. The molecule has 0 saturated carbocycles. The minimum absolute atomic E-state index is 0.131. The molecular weight excluding hydrogens is 284 g/mol. The number of carboxylic acid groups (broad SMARTS) is 1. The topological polar surface area (TPSA) is 82.6 Å². The summed E-state index contributed by atoms with van der Waals surface area (Å²) in [7, 11) is 4.04. The average Bonchev–Trinajstić information content (AvgIpc) is 2.85. The number of hydrogen-bond donors (Lipinski definition) is 2. The smallest absolute Gasteiger partial charge is 0.311 e. The summed E-state index contributed by atoms with van der Waals surface area (Å²) in [5.74, 6) is -1.11. The number of hydrogen-bond acceptors (Lipinski definition) is 4. The Morgan fingerprint density at radius 2 is 2.05 bits per heavy atom. The van der Waals surface area contributed by atoms with Crippen LogP contribution >= 0.6 is 0 Å². The van der Waals surface area contributed by atoms with E-state index in [0.717, 1.165) is 29.4 Å². The molecule has 0 spiro atoms. The van der Waals surface area contributed by atoms with Crippen LogP contribution in [0.25, 0.3) is 10.9 Å². The Kier molecular flexibility index (Phi) is 5.16. The summed E-state index contributed by atoms with van der Waals surface area (Å²) in [6, 6.07) is 5.37. The van der Waals surface area contributed by atoms with Crippen LogP contribution in [0.5, 0.6) is 5.75 Å². The monoisotopic (exact) mass is 304 g/mol. The quantitative estimate of drug-likeness (QED) is 0.604. The third-order valence-electron chi connectivity index (χ3n) is 3.34. The summed E-state index contributed by atoms with van der Waals surface area (Å²) in [5, 5.41) is 9.59. The lowest BCUT2D eigenvalue weighted by Crippen LogP contribution is -2.14. The molecule has 0 unspecified atom stereocenters. The predicted molar refractivity (Wildman–Crippen MR) is 83.1 cm³/mol. The summed E-state index contributed by atoms with van der Waals surface area (Å²) in [4.78, 5) is 27.3. The molecule has 0 amide bonds. The van der Waals surface area contributed by atoms with Crippen molar-refractivity contribution in [3.63, 3.8) is 0 Å². The Morgan fingerprint density at radius 1 is 1.27 bits per heavy atom. The molecule has 0 atom stereocenters. The number of aromatic nitrogens is 1. The van der Waals surface area contributed by atoms with Gasteiger partial charge in [-0.3, -0.25) is 9.59 Å². The molecule has 1 aromatic heterocycles. The van der Waals surface area contributed by atoms with E-state index >= 15 is 0 Å². The number of ether oxygens (including phenoxy) is 1. The van der Waals surface area contributed by atoms with Gasteiger partial charge in [0.05, 0.1) is 12.8 Å². The normalized spacial score (nSPS) is 11.0. The van der Waals surface area contributed by atoms with Crippen molar-refractivity contribution < 1.29 is 19.4 Å². The van der Waals surface area contributed by atoms with Crippen LogP contribution in [0.15, 0.2) is 24.4 Å². The van der Waals surface area contributed by atoms with Gasteiger partial charge in [0.2, 0.25) is 0 Å². The Balaban J connectivity index is 2.09. The maximum absolute atomic E-state index is 11.6.